The molecule has 2 amide bonds. The number of benzene rings is 2. The van der Waals surface area contributed by atoms with E-state index in [0.717, 1.165) is 30.4 Å². The topological polar surface area (TPSA) is 179 Å². The Morgan fingerprint density at radius 2 is 1.21 bits per heavy atom. The Labute approximate surface area is 346 Å². The lowest BCUT2D eigenvalue weighted by Gasteiger charge is -2.27. The van der Waals surface area contributed by atoms with Crippen LogP contribution < -0.4 is 16.4 Å². The number of rotatable bonds is 30. The fourth-order valence-electron chi connectivity index (χ4n) is 7.00. The Kier molecular flexibility index (Phi) is 22.0. The SMILES string of the molecule is CCCCCCCCCCCCC[C@@H](OC(=O)[C@@H](N)[C@@H](C)OCc1ccccc1)[C@@H](C)[C@H]1O[C@@H]1C(=O)N[C@H](C(=O)N[C@H](C(=O)O)[C@@H](C)OCc1ccccc1)C(C)C. The van der Waals surface area contributed by atoms with Crippen LogP contribution in [0.5, 0.6) is 0 Å². The van der Waals surface area contributed by atoms with E-state index in [1.165, 1.54) is 51.4 Å². The van der Waals surface area contributed by atoms with Gasteiger partial charge in [-0.25, -0.2) is 4.79 Å². The number of nitrogens with two attached hydrogens (primary N) is 1. The molecule has 2 aromatic carbocycles. The molecule has 0 spiro atoms. The molecule has 1 saturated heterocycles. The van der Waals surface area contributed by atoms with Gasteiger partial charge in [0.1, 0.15) is 24.3 Å². The van der Waals surface area contributed by atoms with Crippen LogP contribution in [0.2, 0.25) is 0 Å². The number of nitrogens with one attached hydrogen (secondary N) is 2. The summed E-state index contributed by atoms with van der Waals surface area (Å²) >= 11 is 0. The van der Waals surface area contributed by atoms with E-state index in [9.17, 15) is 24.3 Å². The van der Waals surface area contributed by atoms with Crippen LogP contribution in [0.15, 0.2) is 60.7 Å². The minimum Gasteiger partial charge on any atom is -0.480 e. The summed E-state index contributed by atoms with van der Waals surface area (Å²) in [6.45, 7) is 11.5. The standard InChI is InChI=1S/C46H71N3O9/c1-7-8-9-10-11-12-13-14-15-16-23-28-37(57-46(54)38(47)33(5)55-29-35-24-19-17-20-25-35)32(4)41-42(58-41)44(51)48-39(31(2)3)43(50)49-40(45(52)53)34(6)56-30-36-26-21-18-22-27-36/h17-22,24-27,31-34,37-42H,7-16,23,28-30,47H2,1-6H3,(H,48,51)(H,49,50)(H,52,53)/t32-,33-,34-,37-,38+,39+,40+,41-,42+/m1/s1. The van der Waals surface area contributed by atoms with Crippen molar-refractivity contribution in [3.63, 3.8) is 0 Å². The van der Waals surface area contributed by atoms with Gasteiger partial charge in [-0.3, -0.25) is 14.4 Å². The van der Waals surface area contributed by atoms with E-state index < -0.39 is 72.4 Å². The highest BCUT2D eigenvalue weighted by molar-refractivity contribution is 5.92. The van der Waals surface area contributed by atoms with Gasteiger partial charge in [0.25, 0.3) is 5.91 Å². The Hall–Kier alpha value is -3.84. The van der Waals surface area contributed by atoms with Gasteiger partial charge in [-0.15, -0.1) is 0 Å². The summed E-state index contributed by atoms with van der Waals surface area (Å²) in [5, 5.41) is 15.3. The van der Waals surface area contributed by atoms with Crippen molar-refractivity contribution in [2.45, 2.75) is 180 Å². The van der Waals surface area contributed by atoms with Gasteiger partial charge in [-0.05, 0) is 43.7 Å². The van der Waals surface area contributed by atoms with Gasteiger partial charge in [0, 0.05) is 5.92 Å². The summed E-state index contributed by atoms with van der Waals surface area (Å²) < 4.78 is 23.7. The number of hydrogen-bond acceptors (Lipinski definition) is 9. The zero-order valence-corrected chi connectivity index (χ0v) is 35.7. The summed E-state index contributed by atoms with van der Waals surface area (Å²) in [5.74, 6) is -3.68. The predicted octanol–water partition coefficient (Wildman–Crippen LogP) is 7.25. The quantitative estimate of drug-likeness (QED) is 0.0357. The van der Waals surface area contributed by atoms with Crippen LogP contribution in [0.1, 0.15) is 130 Å². The maximum Gasteiger partial charge on any atom is 0.328 e. The van der Waals surface area contributed by atoms with Gasteiger partial charge >= 0.3 is 11.9 Å². The molecule has 324 valence electrons. The van der Waals surface area contributed by atoms with Crippen molar-refractivity contribution in [3.05, 3.63) is 71.8 Å². The number of hydrogen-bond donors (Lipinski definition) is 4. The Balaban J connectivity index is 1.58. The van der Waals surface area contributed by atoms with E-state index in [4.69, 9.17) is 24.7 Å². The molecule has 0 aromatic heterocycles. The summed E-state index contributed by atoms with van der Waals surface area (Å²) in [7, 11) is 0. The van der Waals surface area contributed by atoms with Crippen molar-refractivity contribution in [3.8, 4) is 0 Å². The monoisotopic (exact) mass is 810 g/mol. The third-order valence-electron chi connectivity index (χ3n) is 11.0. The molecule has 0 radical (unpaired) electrons. The summed E-state index contributed by atoms with van der Waals surface area (Å²) in [6, 6.07) is 15.6. The molecule has 9 atom stereocenters. The van der Waals surface area contributed by atoms with Crippen LogP contribution in [0.25, 0.3) is 0 Å². The number of aliphatic carboxylic acids is 1. The van der Waals surface area contributed by atoms with Crippen LogP contribution in [0.4, 0.5) is 0 Å². The maximum absolute atomic E-state index is 13.5. The number of esters is 1. The third kappa shape index (κ3) is 17.2. The second-order valence-electron chi connectivity index (χ2n) is 16.3. The Morgan fingerprint density at radius 1 is 0.707 bits per heavy atom. The van der Waals surface area contributed by atoms with Crippen molar-refractivity contribution >= 4 is 23.8 Å². The number of carbonyl (C=O) groups excluding carboxylic acids is 3. The summed E-state index contributed by atoms with van der Waals surface area (Å²) in [5.41, 5.74) is 8.18. The highest BCUT2D eigenvalue weighted by Crippen LogP contribution is 2.35. The third-order valence-corrected chi connectivity index (χ3v) is 11.0. The van der Waals surface area contributed by atoms with Crippen molar-refractivity contribution in [1.29, 1.82) is 0 Å². The van der Waals surface area contributed by atoms with Crippen LogP contribution in [0, 0.1) is 11.8 Å². The molecule has 0 aliphatic carbocycles. The minimum atomic E-state index is -1.34. The lowest BCUT2D eigenvalue weighted by molar-refractivity contribution is -0.158. The van der Waals surface area contributed by atoms with E-state index in [1.807, 2.05) is 67.6 Å². The van der Waals surface area contributed by atoms with Crippen molar-refractivity contribution in [1.82, 2.24) is 10.6 Å². The van der Waals surface area contributed by atoms with Gasteiger partial charge < -0.3 is 40.4 Å². The zero-order valence-electron chi connectivity index (χ0n) is 35.7. The average Bonchev–Trinajstić information content (AvgIpc) is 4.03. The molecule has 0 saturated carbocycles. The van der Waals surface area contributed by atoms with Gasteiger partial charge in [-0.2, -0.15) is 0 Å². The molecular formula is C46H71N3O9. The number of epoxide rings is 1. The van der Waals surface area contributed by atoms with E-state index in [1.54, 1.807) is 27.7 Å². The second-order valence-corrected chi connectivity index (χ2v) is 16.3. The molecule has 2 aromatic rings. The van der Waals surface area contributed by atoms with Gasteiger partial charge in [-0.1, -0.05) is 153 Å². The molecule has 1 heterocycles. The number of ether oxygens (including phenoxy) is 4. The second kappa shape index (κ2) is 26.3. The number of carbonyl (C=O) groups is 4. The average molecular weight is 810 g/mol. The summed E-state index contributed by atoms with van der Waals surface area (Å²) in [6.07, 6.45) is 10.2. The first kappa shape index (κ1) is 48.5. The molecule has 12 nitrogen and oxygen atoms in total. The predicted molar refractivity (Wildman–Crippen MR) is 224 cm³/mol. The fourth-order valence-corrected chi connectivity index (χ4v) is 7.00. The highest BCUT2D eigenvalue weighted by atomic mass is 16.6. The molecule has 1 aliphatic rings. The maximum atomic E-state index is 13.5. The fraction of sp³-hybridized carbons (Fsp3) is 0.652. The molecule has 0 bridgehead atoms. The van der Waals surface area contributed by atoms with E-state index in [2.05, 4.69) is 17.6 Å². The van der Waals surface area contributed by atoms with Gasteiger partial charge in [0.15, 0.2) is 12.1 Å². The zero-order chi connectivity index (χ0) is 42.5. The van der Waals surface area contributed by atoms with E-state index >= 15 is 0 Å². The van der Waals surface area contributed by atoms with Gasteiger partial charge in [0.2, 0.25) is 5.91 Å². The Morgan fingerprint density at radius 3 is 1.71 bits per heavy atom. The molecule has 12 heteroatoms. The lowest BCUT2D eigenvalue weighted by atomic mass is 9.93. The number of unbranched alkanes of at least 4 members (excludes halogenated alkanes) is 10. The largest absolute Gasteiger partial charge is 0.480 e. The van der Waals surface area contributed by atoms with E-state index in [0.29, 0.717) is 13.0 Å². The van der Waals surface area contributed by atoms with Crippen LogP contribution >= 0.6 is 0 Å². The smallest absolute Gasteiger partial charge is 0.328 e. The first-order valence-electron chi connectivity index (χ1n) is 21.6. The number of carboxylic acid groups (broad SMARTS) is 1. The van der Waals surface area contributed by atoms with Crippen LogP contribution in [0.3, 0.4) is 0 Å². The lowest BCUT2D eigenvalue weighted by Crippen LogP contribution is -2.57. The van der Waals surface area contributed by atoms with Crippen molar-refractivity contribution in [2.75, 3.05) is 0 Å². The van der Waals surface area contributed by atoms with Crippen LogP contribution in [-0.2, 0) is 51.3 Å². The van der Waals surface area contributed by atoms with Crippen molar-refractivity contribution < 1.29 is 43.2 Å². The Bertz CT molecular complexity index is 1490. The molecule has 0 unspecified atom stereocenters. The minimum absolute atomic E-state index is 0.174. The molecule has 5 N–H and O–H groups in total. The van der Waals surface area contributed by atoms with Gasteiger partial charge in [0.05, 0.1) is 25.4 Å². The molecule has 58 heavy (non-hydrogen) atoms. The first-order valence-corrected chi connectivity index (χ1v) is 21.6. The molecular weight excluding hydrogens is 739 g/mol. The number of carboxylic acids is 1. The molecule has 3 rings (SSSR count). The normalized spacial score (nSPS) is 18.6. The van der Waals surface area contributed by atoms with Crippen LogP contribution in [-0.4, -0.2) is 77.5 Å². The van der Waals surface area contributed by atoms with E-state index in [-0.39, 0.29) is 18.4 Å². The molecule has 1 fully saturated rings. The summed E-state index contributed by atoms with van der Waals surface area (Å²) in [4.78, 5) is 52.6. The molecule has 1 aliphatic heterocycles. The number of amides is 2. The first-order chi connectivity index (χ1) is 27.8. The highest BCUT2D eigenvalue weighted by Gasteiger charge is 2.52. The van der Waals surface area contributed by atoms with Crippen molar-refractivity contribution in [2.24, 2.45) is 17.6 Å².